The number of rotatable bonds is 1. The molecule has 1 N–H and O–H groups in total. The van der Waals surface area contributed by atoms with Gasteiger partial charge in [0.1, 0.15) is 0 Å². The zero-order chi connectivity index (χ0) is 7.71. The minimum atomic E-state index is -5.32. The van der Waals surface area contributed by atoms with Gasteiger partial charge in [0.2, 0.25) is 0 Å². The summed E-state index contributed by atoms with van der Waals surface area (Å²) in [4.78, 5) is 0. The Morgan fingerprint density at radius 2 is 1.67 bits per heavy atom. The summed E-state index contributed by atoms with van der Waals surface area (Å²) in [5.74, 6) is 0. The monoisotopic (exact) mass is 183 g/mol. The third-order valence-corrected chi connectivity index (χ3v) is 1.83. The Morgan fingerprint density at radius 3 is 1.67 bits per heavy atom. The number of hydrogen-bond donors (Lipinski definition) is 1. The van der Waals surface area contributed by atoms with E-state index >= 15 is 0 Å². The average molecular weight is 184 g/mol. The summed E-state index contributed by atoms with van der Waals surface area (Å²) in [6.07, 6.45) is 0. The highest BCUT2D eigenvalue weighted by Gasteiger charge is 2.45. The molecule has 0 atom stereocenters. The van der Waals surface area contributed by atoms with E-state index in [0.717, 1.165) is 0 Å². The van der Waals surface area contributed by atoms with Gasteiger partial charge in [-0.15, -0.1) is 4.24 Å². The molecule has 0 amide bonds. The second-order valence-corrected chi connectivity index (χ2v) is 3.11. The van der Waals surface area contributed by atoms with Crippen LogP contribution in [0.15, 0.2) is 0 Å². The zero-order valence-electron chi connectivity index (χ0n) is 3.74. The molecule has 0 unspecified atom stereocenters. The predicted molar refractivity (Wildman–Crippen MR) is 24.0 cm³/mol. The topological polar surface area (TPSA) is 46.2 Å². The van der Waals surface area contributed by atoms with Crippen LogP contribution in [0.2, 0.25) is 0 Å². The lowest BCUT2D eigenvalue weighted by Gasteiger charge is -2.02. The highest BCUT2D eigenvalue weighted by atomic mass is 35.5. The molecule has 9 heavy (non-hydrogen) atoms. The number of nitrogens with one attached hydrogen (secondary N) is 1. The minimum absolute atomic E-state index is 0.601. The van der Waals surface area contributed by atoms with Gasteiger partial charge < -0.3 is 0 Å². The summed E-state index contributed by atoms with van der Waals surface area (Å²) in [7, 11) is -5.32. The van der Waals surface area contributed by atoms with Crippen molar-refractivity contribution >= 4 is 21.8 Å². The first-order valence-corrected chi connectivity index (χ1v) is 3.36. The molecule has 0 aliphatic heterocycles. The van der Waals surface area contributed by atoms with E-state index in [1.165, 1.54) is 0 Å². The van der Waals surface area contributed by atoms with Gasteiger partial charge in [-0.2, -0.15) is 13.2 Å². The number of alkyl halides is 3. The summed E-state index contributed by atoms with van der Waals surface area (Å²) in [6, 6.07) is 0. The molecule has 0 heterocycles. The van der Waals surface area contributed by atoms with Gasteiger partial charge >= 0.3 is 15.5 Å². The highest BCUT2D eigenvalue weighted by Crippen LogP contribution is 2.21. The van der Waals surface area contributed by atoms with Gasteiger partial charge in [0, 0.05) is 0 Å². The Hall–Kier alpha value is -0.0100. The van der Waals surface area contributed by atoms with Crippen LogP contribution in [0.25, 0.3) is 0 Å². The van der Waals surface area contributed by atoms with Gasteiger partial charge in [-0.05, 0) is 11.8 Å². The van der Waals surface area contributed by atoms with Crippen molar-refractivity contribution in [2.24, 2.45) is 0 Å². The molecular weight excluding hydrogens is 183 g/mol. The first-order valence-electron chi connectivity index (χ1n) is 1.50. The Labute approximate surface area is 54.0 Å². The fourth-order valence-electron chi connectivity index (χ4n) is 0.0437. The lowest BCUT2D eigenvalue weighted by molar-refractivity contribution is -0.0441. The number of hydrogen-bond acceptors (Lipinski definition) is 2. The molecule has 0 saturated heterocycles. The maximum atomic E-state index is 11.1. The maximum Gasteiger partial charge on any atom is 0.512 e. The normalized spacial score (nSPS) is 13.8. The van der Waals surface area contributed by atoms with Gasteiger partial charge in [0.05, 0.1) is 0 Å². The van der Waals surface area contributed by atoms with Gasteiger partial charge in [-0.1, -0.05) is 0 Å². The molecule has 0 fully saturated rings. The van der Waals surface area contributed by atoms with Crippen molar-refractivity contribution in [3.05, 3.63) is 0 Å². The first kappa shape index (κ1) is 8.99. The Bertz CT molecular complexity index is 182. The van der Waals surface area contributed by atoms with Crippen LogP contribution in [-0.2, 0) is 10.0 Å². The van der Waals surface area contributed by atoms with Crippen molar-refractivity contribution in [3.8, 4) is 0 Å². The molecule has 0 saturated carbocycles. The third-order valence-electron chi connectivity index (χ3n) is 0.406. The largest absolute Gasteiger partial charge is 0.512 e. The van der Waals surface area contributed by atoms with Crippen molar-refractivity contribution < 1.29 is 21.6 Å². The summed E-state index contributed by atoms with van der Waals surface area (Å²) < 4.78 is 53.2. The van der Waals surface area contributed by atoms with Crippen molar-refractivity contribution in [2.75, 3.05) is 0 Å². The van der Waals surface area contributed by atoms with E-state index in [4.69, 9.17) is 0 Å². The summed E-state index contributed by atoms with van der Waals surface area (Å²) in [6.45, 7) is 0. The molecular formula is CHClF3NO2S. The molecule has 0 bridgehead atoms. The molecule has 3 nitrogen and oxygen atoms in total. The summed E-state index contributed by atoms with van der Waals surface area (Å²) in [5.41, 5.74) is -5.32. The van der Waals surface area contributed by atoms with E-state index in [-0.39, 0.29) is 0 Å². The molecule has 0 aromatic heterocycles. The second-order valence-electron chi connectivity index (χ2n) is 1.03. The highest BCUT2D eigenvalue weighted by molar-refractivity contribution is 7.91. The van der Waals surface area contributed by atoms with E-state index in [1.54, 1.807) is 0 Å². The maximum absolute atomic E-state index is 11.1. The van der Waals surface area contributed by atoms with Crippen LogP contribution in [0.1, 0.15) is 0 Å². The van der Waals surface area contributed by atoms with Crippen molar-refractivity contribution in [1.29, 1.82) is 0 Å². The quantitative estimate of drug-likeness (QED) is 0.605. The first-order chi connectivity index (χ1) is 3.81. The summed E-state index contributed by atoms with van der Waals surface area (Å²) >= 11 is 4.22. The summed E-state index contributed by atoms with van der Waals surface area (Å²) in [5, 5.41) is 0. The Balaban J connectivity index is 4.57. The van der Waals surface area contributed by atoms with Crippen molar-refractivity contribution in [3.63, 3.8) is 0 Å². The van der Waals surface area contributed by atoms with Crippen LogP contribution in [0.3, 0.4) is 0 Å². The fourth-order valence-corrected chi connectivity index (χ4v) is 0.394. The molecule has 0 radical (unpaired) electrons. The van der Waals surface area contributed by atoms with Crippen LogP contribution in [0, 0.1) is 0 Å². The van der Waals surface area contributed by atoms with Gasteiger partial charge in [-0.25, -0.2) is 8.42 Å². The Morgan fingerprint density at radius 1 is 1.33 bits per heavy atom. The Kier molecular flexibility index (Phi) is 2.31. The zero-order valence-corrected chi connectivity index (χ0v) is 5.31. The van der Waals surface area contributed by atoms with E-state index in [9.17, 15) is 21.6 Å². The molecule has 56 valence electrons. The third kappa shape index (κ3) is 1.99. The smallest absolute Gasteiger partial charge is 0.202 e. The lowest BCUT2D eigenvalue weighted by Crippen LogP contribution is -2.30. The average Bonchev–Trinajstić information content (AvgIpc) is 1.64. The minimum Gasteiger partial charge on any atom is -0.202 e. The SMILES string of the molecule is O=S(=O)(NCl)C(F)(F)F. The molecule has 0 aliphatic carbocycles. The molecule has 0 aromatic carbocycles. The van der Waals surface area contributed by atoms with E-state index < -0.39 is 15.5 Å². The van der Waals surface area contributed by atoms with Crippen LogP contribution < -0.4 is 4.24 Å². The fraction of sp³-hybridized carbons (Fsp3) is 1.00. The van der Waals surface area contributed by atoms with Crippen molar-refractivity contribution in [2.45, 2.75) is 5.51 Å². The van der Waals surface area contributed by atoms with E-state index in [1.807, 2.05) is 0 Å². The van der Waals surface area contributed by atoms with Gasteiger partial charge in [0.15, 0.2) is 0 Å². The van der Waals surface area contributed by atoms with Gasteiger partial charge in [-0.3, -0.25) is 0 Å². The van der Waals surface area contributed by atoms with E-state index in [0.29, 0.717) is 4.24 Å². The standard InChI is InChI=1S/CHClF3NO2S/c2-6-9(7,8)1(3,4)5/h6H. The second kappa shape index (κ2) is 2.31. The molecule has 0 rings (SSSR count). The van der Waals surface area contributed by atoms with Crippen LogP contribution in [0.5, 0.6) is 0 Å². The van der Waals surface area contributed by atoms with Crippen LogP contribution in [0.4, 0.5) is 13.2 Å². The molecule has 0 aromatic rings. The van der Waals surface area contributed by atoms with Crippen molar-refractivity contribution in [1.82, 2.24) is 4.24 Å². The molecule has 0 aliphatic rings. The van der Waals surface area contributed by atoms with E-state index in [2.05, 4.69) is 11.8 Å². The molecule has 8 heteroatoms. The van der Waals surface area contributed by atoms with Gasteiger partial charge in [0.25, 0.3) is 0 Å². The number of halogens is 4. The lowest BCUT2D eigenvalue weighted by atomic mass is 11.6. The predicted octanol–water partition coefficient (Wildman–Crippen LogP) is 0.579. The van der Waals surface area contributed by atoms with Crippen LogP contribution in [-0.4, -0.2) is 13.9 Å². The van der Waals surface area contributed by atoms with Crippen LogP contribution >= 0.6 is 11.8 Å². The number of sulfonamides is 1. The molecule has 0 spiro atoms.